The quantitative estimate of drug-likeness (QED) is 0.666. The number of nitrogen functional groups attached to an aromatic ring is 1. The van der Waals surface area contributed by atoms with Crippen molar-refractivity contribution in [1.29, 1.82) is 0 Å². The second kappa shape index (κ2) is 4.45. The number of hydrogen-bond acceptors (Lipinski definition) is 3. The first-order chi connectivity index (χ1) is 7.58. The van der Waals surface area contributed by atoms with E-state index in [0.29, 0.717) is 25.5 Å². The monoisotopic (exact) mass is 271 g/mol. The number of rotatable bonds is 2. The zero-order valence-electron chi connectivity index (χ0n) is 8.04. The number of halogens is 2. The first-order valence-corrected chi connectivity index (χ1v) is 6.00. The van der Waals surface area contributed by atoms with Crippen LogP contribution in [0.3, 0.4) is 0 Å². The van der Waals surface area contributed by atoms with Crippen molar-refractivity contribution in [3.63, 3.8) is 0 Å². The van der Waals surface area contributed by atoms with Crippen molar-refractivity contribution in [2.24, 2.45) is 0 Å². The van der Waals surface area contributed by atoms with Gasteiger partial charge in [-0.05, 0) is 30.3 Å². The summed E-state index contributed by atoms with van der Waals surface area (Å²) in [5.74, 6) is -0.158. The lowest BCUT2D eigenvalue weighted by molar-refractivity contribution is 0.104. The Kier molecular flexibility index (Phi) is 3.19. The summed E-state index contributed by atoms with van der Waals surface area (Å²) in [7, 11) is 0. The van der Waals surface area contributed by atoms with Gasteiger partial charge in [0.25, 0.3) is 0 Å². The number of benzene rings is 1. The van der Waals surface area contributed by atoms with Crippen LogP contribution in [0, 0.1) is 0 Å². The molecule has 1 aromatic heterocycles. The number of anilines is 1. The lowest BCUT2D eigenvalue weighted by Gasteiger charge is -2.02. The molecule has 0 bridgehead atoms. The third kappa shape index (κ3) is 2.21. The molecule has 2 N–H and O–H groups in total. The fourth-order valence-corrected chi connectivity index (χ4v) is 2.49. The molecule has 0 aliphatic heterocycles. The van der Waals surface area contributed by atoms with Gasteiger partial charge in [0.1, 0.15) is 0 Å². The Morgan fingerprint density at radius 1 is 1.19 bits per heavy atom. The maximum atomic E-state index is 12.0. The second-order valence-electron chi connectivity index (χ2n) is 3.17. The van der Waals surface area contributed by atoms with Crippen molar-refractivity contribution >= 4 is 46.0 Å². The van der Waals surface area contributed by atoms with Crippen molar-refractivity contribution in [3.8, 4) is 0 Å². The van der Waals surface area contributed by atoms with Gasteiger partial charge < -0.3 is 5.73 Å². The van der Waals surface area contributed by atoms with Crippen LogP contribution in [0.2, 0.25) is 9.36 Å². The molecule has 0 atom stereocenters. The van der Waals surface area contributed by atoms with E-state index in [1.807, 2.05) is 0 Å². The van der Waals surface area contributed by atoms with Gasteiger partial charge in [-0.15, -0.1) is 11.3 Å². The van der Waals surface area contributed by atoms with E-state index in [-0.39, 0.29) is 5.78 Å². The van der Waals surface area contributed by atoms with E-state index in [1.54, 1.807) is 30.3 Å². The lowest BCUT2D eigenvalue weighted by Crippen LogP contribution is -2.00. The minimum absolute atomic E-state index is 0.158. The first-order valence-electron chi connectivity index (χ1n) is 4.43. The highest BCUT2D eigenvalue weighted by Crippen LogP contribution is 2.27. The molecular formula is C11H7Cl2NOS. The summed E-state index contributed by atoms with van der Waals surface area (Å²) in [6, 6.07) is 8.19. The summed E-state index contributed by atoms with van der Waals surface area (Å²) in [6.45, 7) is 0. The molecule has 5 heteroatoms. The fraction of sp³-hybridized carbons (Fsp3) is 0. The molecule has 0 saturated carbocycles. The smallest absolute Gasteiger partial charge is 0.204 e. The molecule has 2 rings (SSSR count). The van der Waals surface area contributed by atoms with Gasteiger partial charge in [-0.25, -0.2) is 0 Å². The fourth-order valence-electron chi connectivity index (χ4n) is 1.29. The Balaban J connectivity index is 2.45. The van der Waals surface area contributed by atoms with Gasteiger partial charge in [0.05, 0.1) is 14.2 Å². The largest absolute Gasteiger partial charge is 0.399 e. The van der Waals surface area contributed by atoms with Crippen LogP contribution >= 0.6 is 34.5 Å². The molecule has 0 unspecified atom stereocenters. The Hall–Kier alpha value is -1.03. The highest BCUT2D eigenvalue weighted by molar-refractivity contribution is 7.18. The number of thiophene rings is 1. The van der Waals surface area contributed by atoms with Gasteiger partial charge in [-0.3, -0.25) is 4.79 Å². The number of nitrogens with two attached hydrogens (primary N) is 1. The summed E-state index contributed by atoms with van der Waals surface area (Å²) in [6.07, 6.45) is 0. The molecule has 16 heavy (non-hydrogen) atoms. The number of carbonyl (C=O) groups is 1. The van der Waals surface area contributed by atoms with Crippen LogP contribution in [0.4, 0.5) is 5.69 Å². The summed E-state index contributed by atoms with van der Waals surface area (Å²) in [5.41, 5.74) is 6.53. The normalized spacial score (nSPS) is 10.4. The zero-order chi connectivity index (χ0) is 11.7. The molecule has 0 aliphatic carbocycles. The Morgan fingerprint density at radius 3 is 2.56 bits per heavy atom. The Morgan fingerprint density at radius 2 is 1.94 bits per heavy atom. The van der Waals surface area contributed by atoms with Gasteiger partial charge >= 0.3 is 0 Å². The van der Waals surface area contributed by atoms with Gasteiger partial charge in [-0.2, -0.15) is 0 Å². The Bertz CT molecular complexity index is 551. The van der Waals surface area contributed by atoms with E-state index >= 15 is 0 Å². The predicted molar refractivity (Wildman–Crippen MR) is 68.6 cm³/mol. The average Bonchev–Trinajstić information content (AvgIpc) is 2.67. The molecular weight excluding hydrogens is 265 g/mol. The summed E-state index contributed by atoms with van der Waals surface area (Å²) < 4.78 is 0.573. The van der Waals surface area contributed by atoms with Gasteiger partial charge in [0.15, 0.2) is 0 Å². The summed E-state index contributed by atoms with van der Waals surface area (Å²) in [5, 5.41) is 0.392. The van der Waals surface area contributed by atoms with Crippen LogP contribution in [0.1, 0.15) is 15.2 Å². The average molecular weight is 272 g/mol. The van der Waals surface area contributed by atoms with Crippen molar-refractivity contribution in [1.82, 2.24) is 0 Å². The van der Waals surface area contributed by atoms with E-state index in [4.69, 9.17) is 28.9 Å². The van der Waals surface area contributed by atoms with Gasteiger partial charge in [0.2, 0.25) is 5.78 Å². The maximum absolute atomic E-state index is 12.0. The van der Waals surface area contributed by atoms with Crippen LogP contribution in [-0.2, 0) is 0 Å². The molecule has 82 valence electrons. The van der Waals surface area contributed by atoms with E-state index in [1.165, 1.54) is 11.3 Å². The van der Waals surface area contributed by atoms with Crippen LogP contribution in [0.25, 0.3) is 0 Å². The number of carbonyl (C=O) groups excluding carboxylic acids is 1. The van der Waals surface area contributed by atoms with E-state index in [2.05, 4.69) is 0 Å². The minimum Gasteiger partial charge on any atom is -0.399 e. The summed E-state index contributed by atoms with van der Waals surface area (Å²) >= 11 is 12.9. The van der Waals surface area contributed by atoms with Gasteiger partial charge in [-0.1, -0.05) is 23.2 Å². The van der Waals surface area contributed by atoms with Crippen molar-refractivity contribution in [3.05, 3.63) is 50.1 Å². The lowest BCUT2D eigenvalue weighted by atomic mass is 10.1. The highest BCUT2D eigenvalue weighted by Gasteiger charge is 2.15. The molecule has 0 radical (unpaired) electrons. The van der Waals surface area contributed by atoms with Crippen LogP contribution in [0.5, 0.6) is 0 Å². The molecule has 0 amide bonds. The number of ketones is 1. The van der Waals surface area contributed by atoms with E-state index in [0.717, 1.165) is 0 Å². The molecule has 2 aromatic rings. The third-order valence-corrected chi connectivity index (χ3v) is 3.59. The topological polar surface area (TPSA) is 43.1 Å². The summed E-state index contributed by atoms with van der Waals surface area (Å²) in [4.78, 5) is 12.6. The van der Waals surface area contributed by atoms with E-state index in [9.17, 15) is 4.79 Å². The van der Waals surface area contributed by atoms with E-state index < -0.39 is 0 Å². The van der Waals surface area contributed by atoms with Crippen LogP contribution < -0.4 is 5.73 Å². The molecule has 0 spiro atoms. The highest BCUT2D eigenvalue weighted by atomic mass is 35.5. The molecule has 0 aliphatic rings. The second-order valence-corrected chi connectivity index (χ2v) is 5.29. The molecule has 2 nitrogen and oxygen atoms in total. The van der Waals surface area contributed by atoms with Crippen molar-refractivity contribution in [2.45, 2.75) is 0 Å². The molecule has 1 aromatic carbocycles. The molecule has 0 fully saturated rings. The zero-order valence-corrected chi connectivity index (χ0v) is 10.4. The van der Waals surface area contributed by atoms with Crippen LogP contribution in [0.15, 0.2) is 30.3 Å². The first kappa shape index (κ1) is 11.5. The van der Waals surface area contributed by atoms with Crippen molar-refractivity contribution < 1.29 is 4.79 Å². The maximum Gasteiger partial charge on any atom is 0.204 e. The standard InChI is InChI=1S/C11H7Cl2NOS/c12-8-2-1-6(14)5-7(8)11(15)9-3-4-10(13)16-9/h1-5H,14H2. The van der Waals surface area contributed by atoms with Crippen molar-refractivity contribution in [2.75, 3.05) is 5.73 Å². The van der Waals surface area contributed by atoms with Crippen LogP contribution in [-0.4, -0.2) is 5.78 Å². The molecule has 1 heterocycles. The minimum atomic E-state index is -0.158. The third-order valence-electron chi connectivity index (χ3n) is 2.03. The predicted octanol–water partition coefficient (Wildman–Crippen LogP) is 3.87. The SMILES string of the molecule is Nc1ccc(Cl)c(C(=O)c2ccc(Cl)s2)c1. The molecule has 0 saturated heterocycles. The Labute approximate surface area is 107 Å². The van der Waals surface area contributed by atoms with Gasteiger partial charge in [0, 0.05) is 11.3 Å². The number of hydrogen-bond donors (Lipinski definition) is 1.